The number of ether oxygens (including phenoxy) is 1. The predicted octanol–water partition coefficient (Wildman–Crippen LogP) is 2.62. The van der Waals surface area contributed by atoms with Crippen molar-refractivity contribution in [1.29, 1.82) is 5.26 Å². The third-order valence-electron chi connectivity index (χ3n) is 3.42. The summed E-state index contributed by atoms with van der Waals surface area (Å²) in [6.07, 6.45) is 2.32. The second-order valence-electron chi connectivity index (χ2n) is 6.47. The molecule has 22 heavy (non-hydrogen) atoms. The highest BCUT2D eigenvalue weighted by Gasteiger charge is 2.29. The van der Waals surface area contributed by atoms with Gasteiger partial charge in [-0.25, -0.2) is 9.78 Å². The van der Waals surface area contributed by atoms with Crippen LogP contribution in [0.5, 0.6) is 0 Å². The van der Waals surface area contributed by atoms with Gasteiger partial charge < -0.3 is 15.0 Å². The van der Waals surface area contributed by atoms with Gasteiger partial charge in [-0.3, -0.25) is 0 Å². The minimum Gasteiger partial charge on any atom is -0.444 e. The smallest absolute Gasteiger partial charge is 0.410 e. The van der Waals surface area contributed by atoms with E-state index in [0.29, 0.717) is 36.9 Å². The number of hydrogen-bond donors (Lipinski definition) is 1. The fraction of sp³-hybridized carbons (Fsp3) is 0.562. The Morgan fingerprint density at radius 2 is 2.36 bits per heavy atom. The van der Waals surface area contributed by atoms with Crippen LogP contribution in [0.1, 0.15) is 32.8 Å². The summed E-state index contributed by atoms with van der Waals surface area (Å²) >= 11 is 0. The van der Waals surface area contributed by atoms with Crippen molar-refractivity contribution in [2.45, 2.75) is 32.8 Å². The van der Waals surface area contributed by atoms with E-state index in [9.17, 15) is 4.79 Å². The molecule has 1 atom stereocenters. The molecule has 0 radical (unpaired) electrons. The molecular weight excluding hydrogens is 280 g/mol. The van der Waals surface area contributed by atoms with Crippen molar-refractivity contribution < 1.29 is 9.53 Å². The van der Waals surface area contributed by atoms with E-state index in [-0.39, 0.29) is 6.09 Å². The lowest BCUT2D eigenvalue weighted by Gasteiger charge is -2.24. The first kappa shape index (κ1) is 16.1. The fourth-order valence-electron chi connectivity index (χ4n) is 2.37. The highest BCUT2D eigenvalue weighted by Crippen LogP contribution is 2.20. The average molecular weight is 302 g/mol. The van der Waals surface area contributed by atoms with Gasteiger partial charge in [-0.15, -0.1) is 0 Å². The molecule has 1 aromatic heterocycles. The number of pyridine rings is 1. The van der Waals surface area contributed by atoms with E-state index in [4.69, 9.17) is 10.00 Å². The van der Waals surface area contributed by atoms with Gasteiger partial charge in [0.1, 0.15) is 17.5 Å². The van der Waals surface area contributed by atoms with E-state index in [2.05, 4.69) is 16.4 Å². The Bertz CT molecular complexity index is 574. The number of nitriles is 1. The normalized spacial score (nSPS) is 17.9. The van der Waals surface area contributed by atoms with Crippen LogP contribution < -0.4 is 5.32 Å². The van der Waals surface area contributed by atoms with Crippen LogP contribution in [0.3, 0.4) is 0 Å². The van der Waals surface area contributed by atoms with Crippen LogP contribution >= 0.6 is 0 Å². The van der Waals surface area contributed by atoms with Crippen molar-refractivity contribution in [1.82, 2.24) is 9.88 Å². The fourth-order valence-corrected chi connectivity index (χ4v) is 2.37. The Hall–Kier alpha value is -2.29. The topological polar surface area (TPSA) is 78.2 Å². The van der Waals surface area contributed by atoms with Crippen molar-refractivity contribution >= 4 is 11.9 Å². The van der Waals surface area contributed by atoms with Crippen LogP contribution in [0.25, 0.3) is 0 Å². The van der Waals surface area contributed by atoms with Crippen molar-refractivity contribution in [3.8, 4) is 6.07 Å². The lowest BCUT2D eigenvalue weighted by Crippen LogP contribution is -2.35. The van der Waals surface area contributed by atoms with Crippen molar-refractivity contribution in [2.75, 3.05) is 25.0 Å². The van der Waals surface area contributed by atoms with Gasteiger partial charge in [0.15, 0.2) is 0 Å². The Labute approximate surface area is 131 Å². The number of amides is 1. The number of likely N-dealkylation sites (tertiary alicyclic amines) is 1. The number of nitrogens with one attached hydrogen (secondary N) is 1. The molecule has 1 saturated heterocycles. The van der Waals surface area contributed by atoms with Crippen LogP contribution in [-0.2, 0) is 4.74 Å². The van der Waals surface area contributed by atoms with Gasteiger partial charge in [0.05, 0.1) is 5.56 Å². The van der Waals surface area contributed by atoms with Gasteiger partial charge in [-0.2, -0.15) is 5.26 Å². The third-order valence-corrected chi connectivity index (χ3v) is 3.42. The lowest BCUT2D eigenvalue weighted by molar-refractivity contribution is 0.0289. The molecule has 1 N–H and O–H groups in total. The van der Waals surface area contributed by atoms with Crippen LogP contribution in [0.15, 0.2) is 18.3 Å². The van der Waals surface area contributed by atoms with E-state index in [0.717, 1.165) is 6.42 Å². The summed E-state index contributed by atoms with van der Waals surface area (Å²) in [5.74, 6) is 0.932. The zero-order valence-corrected chi connectivity index (χ0v) is 13.3. The van der Waals surface area contributed by atoms with Gasteiger partial charge in [-0.05, 0) is 45.2 Å². The molecule has 1 aliphatic heterocycles. The summed E-state index contributed by atoms with van der Waals surface area (Å²) in [5.41, 5.74) is 0.0628. The highest BCUT2D eigenvalue weighted by molar-refractivity contribution is 5.68. The lowest BCUT2D eigenvalue weighted by atomic mass is 10.1. The van der Waals surface area contributed by atoms with E-state index in [1.165, 1.54) is 0 Å². The maximum absolute atomic E-state index is 12.0. The summed E-state index contributed by atoms with van der Waals surface area (Å²) in [4.78, 5) is 17.9. The number of anilines is 1. The van der Waals surface area contributed by atoms with Crippen LogP contribution in [-0.4, -0.2) is 41.2 Å². The zero-order chi connectivity index (χ0) is 16.2. The van der Waals surface area contributed by atoms with Crippen LogP contribution in [0.4, 0.5) is 10.6 Å². The predicted molar refractivity (Wildman–Crippen MR) is 83.4 cm³/mol. The monoisotopic (exact) mass is 302 g/mol. The molecule has 1 aliphatic rings. The minimum absolute atomic E-state index is 0.259. The molecule has 118 valence electrons. The highest BCUT2D eigenvalue weighted by atomic mass is 16.6. The number of hydrogen-bond acceptors (Lipinski definition) is 5. The maximum atomic E-state index is 12.0. The largest absolute Gasteiger partial charge is 0.444 e. The molecular formula is C16H22N4O2. The first-order valence-electron chi connectivity index (χ1n) is 7.46. The SMILES string of the molecule is CC(C)(C)OC(=O)N1CC[C@H](CNc2ncccc2C#N)C1. The molecule has 2 heterocycles. The van der Waals surface area contributed by atoms with Gasteiger partial charge in [0.2, 0.25) is 0 Å². The number of rotatable bonds is 3. The third kappa shape index (κ3) is 4.35. The van der Waals surface area contributed by atoms with E-state index < -0.39 is 5.60 Å². The quantitative estimate of drug-likeness (QED) is 0.928. The number of nitrogens with zero attached hydrogens (tertiary/aromatic N) is 3. The number of carbonyl (C=O) groups is 1. The van der Waals surface area contributed by atoms with Crippen LogP contribution in [0.2, 0.25) is 0 Å². The molecule has 0 unspecified atom stereocenters. The summed E-state index contributed by atoms with van der Waals surface area (Å²) in [7, 11) is 0. The van der Waals surface area contributed by atoms with Crippen molar-refractivity contribution in [2.24, 2.45) is 5.92 Å². The molecule has 6 nitrogen and oxygen atoms in total. The van der Waals surface area contributed by atoms with Gasteiger partial charge in [0, 0.05) is 25.8 Å². The Morgan fingerprint density at radius 3 is 3.05 bits per heavy atom. The molecule has 1 fully saturated rings. The van der Waals surface area contributed by atoms with Gasteiger partial charge in [-0.1, -0.05) is 0 Å². The molecule has 0 spiro atoms. The Kier molecular flexibility index (Phi) is 4.86. The standard InChI is InChI=1S/C16H22N4O2/c1-16(2,3)22-15(21)20-8-6-12(11-20)10-19-14-13(9-17)5-4-7-18-14/h4-5,7,12H,6,8,10-11H2,1-3H3,(H,18,19)/t12-/m1/s1. The van der Waals surface area contributed by atoms with E-state index >= 15 is 0 Å². The second-order valence-corrected chi connectivity index (χ2v) is 6.47. The minimum atomic E-state index is -0.469. The van der Waals surface area contributed by atoms with E-state index in [1.807, 2.05) is 20.8 Å². The summed E-state index contributed by atoms with van der Waals surface area (Å²) in [6.45, 7) is 7.65. The molecule has 0 aromatic carbocycles. The Balaban J connectivity index is 1.84. The van der Waals surface area contributed by atoms with Crippen LogP contribution in [0, 0.1) is 17.2 Å². The second kappa shape index (κ2) is 6.65. The zero-order valence-electron chi connectivity index (χ0n) is 13.3. The maximum Gasteiger partial charge on any atom is 0.410 e. The molecule has 1 amide bonds. The summed E-state index contributed by atoms with van der Waals surface area (Å²) < 4.78 is 5.38. The Morgan fingerprint density at radius 1 is 1.59 bits per heavy atom. The van der Waals surface area contributed by atoms with Gasteiger partial charge in [0.25, 0.3) is 0 Å². The first-order chi connectivity index (χ1) is 10.4. The van der Waals surface area contributed by atoms with Crippen molar-refractivity contribution in [3.63, 3.8) is 0 Å². The average Bonchev–Trinajstić information content (AvgIpc) is 2.92. The van der Waals surface area contributed by atoms with E-state index in [1.54, 1.807) is 23.2 Å². The number of aromatic nitrogens is 1. The molecule has 6 heteroatoms. The van der Waals surface area contributed by atoms with Gasteiger partial charge >= 0.3 is 6.09 Å². The molecule has 0 aliphatic carbocycles. The summed E-state index contributed by atoms with van der Waals surface area (Å²) in [6, 6.07) is 5.59. The van der Waals surface area contributed by atoms with Crippen molar-refractivity contribution in [3.05, 3.63) is 23.9 Å². The molecule has 0 bridgehead atoms. The first-order valence-corrected chi connectivity index (χ1v) is 7.46. The molecule has 2 rings (SSSR count). The molecule has 0 saturated carbocycles. The molecule has 1 aromatic rings. The number of carbonyl (C=O) groups excluding carboxylic acids is 1. The summed E-state index contributed by atoms with van der Waals surface area (Å²) in [5, 5.41) is 12.2.